The molecule has 150 valence electrons. The van der Waals surface area contributed by atoms with Crippen molar-refractivity contribution in [3.05, 3.63) is 89.0 Å². The maximum Gasteiger partial charge on any atom is 0.337 e. The highest BCUT2D eigenvalue weighted by Gasteiger charge is 2.12. The molecule has 2 aromatic carbocycles. The lowest BCUT2D eigenvalue weighted by Gasteiger charge is -2.08. The molecule has 4 rings (SSSR count). The highest BCUT2D eigenvalue weighted by atomic mass is 16.5. The Morgan fingerprint density at radius 2 is 1.77 bits per heavy atom. The Balaban J connectivity index is 1.52. The monoisotopic (exact) mass is 402 g/mol. The zero-order chi connectivity index (χ0) is 21.1. The molecule has 0 aliphatic carbocycles. The number of fused-ring (bicyclic) bond motifs is 1. The van der Waals surface area contributed by atoms with E-state index in [4.69, 9.17) is 0 Å². The number of rotatable bonds is 5. The van der Waals surface area contributed by atoms with Crippen molar-refractivity contribution >= 4 is 23.1 Å². The normalized spacial score (nSPS) is 10.7. The minimum absolute atomic E-state index is 0.153. The number of ether oxygens (including phenoxy) is 1. The quantitative estimate of drug-likeness (QED) is 0.518. The molecule has 1 amide bonds. The van der Waals surface area contributed by atoms with Gasteiger partial charge in [-0.15, -0.1) is 0 Å². The topological polar surface area (TPSA) is 94.7 Å². The molecular weight excluding hydrogens is 384 g/mol. The first-order chi connectivity index (χ1) is 14.5. The summed E-state index contributed by atoms with van der Waals surface area (Å²) in [5.41, 5.74) is 2.54. The smallest absolute Gasteiger partial charge is 0.337 e. The van der Waals surface area contributed by atoms with Crippen LogP contribution in [0.4, 0.5) is 5.69 Å². The summed E-state index contributed by atoms with van der Waals surface area (Å²) in [5, 5.41) is 7.13. The summed E-state index contributed by atoms with van der Waals surface area (Å²) in [5.74, 6) is -0.821. The molecule has 0 aliphatic heterocycles. The Morgan fingerprint density at radius 3 is 2.47 bits per heavy atom. The number of aromatic nitrogens is 3. The van der Waals surface area contributed by atoms with E-state index in [0.29, 0.717) is 22.5 Å². The van der Waals surface area contributed by atoms with E-state index in [1.54, 1.807) is 36.5 Å². The SMILES string of the molecule is COC(=O)c1ccc(NC(=O)Cn2ccn3nc(-c4ccccc4)cc3c2=O)cc1. The van der Waals surface area contributed by atoms with E-state index in [-0.39, 0.29) is 18.0 Å². The molecule has 0 bridgehead atoms. The molecule has 2 aromatic heterocycles. The molecule has 30 heavy (non-hydrogen) atoms. The van der Waals surface area contributed by atoms with Crippen LogP contribution in [0.3, 0.4) is 0 Å². The molecule has 0 spiro atoms. The Morgan fingerprint density at radius 1 is 1.03 bits per heavy atom. The summed E-state index contributed by atoms with van der Waals surface area (Å²) >= 11 is 0. The third-order valence-corrected chi connectivity index (χ3v) is 4.58. The van der Waals surface area contributed by atoms with Gasteiger partial charge in [0.25, 0.3) is 5.56 Å². The lowest BCUT2D eigenvalue weighted by atomic mass is 10.1. The number of benzene rings is 2. The molecular formula is C22H18N4O4. The molecule has 0 saturated carbocycles. The number of anilines is 1. The molecule has 8 heteroatoms. The second-order valence-corrected chi connectivity index (χ2v) is 6.57. The Hall–Kier alpha value is -4.20. The van der Waals surface area contributed by atoms with Crippen molar-refractivity contribution in [2.75, 3.05) is 12.4 Å². The second-order valence-electron chi connectivity index (χ2n) is 6.57. The van der Waals surface area contributed by atoms with Gasteiger partial charge < -0.3 is 14.6 Å². The Labute approximate surface area is 171 Å². The van der Waals surface area contributed by atoms with Gasteiger partial charge >= 0.3 is 5.97 Å². The zero-order valence-corrected chi connectivity index (χ0v) is 16.1. The number of methoxy groups -OCH3 is 1. The van der Waals surface area contributed by atoms with E-state index in [9.17, 15) is 14.4 Å². The van der Waals surface area contributed by atoms with Crippen LogP contribution in [0, 0.1) is 0 Å². The van der Waals surface area contributed by atoms with Crippen LogP contribution in [0.25, 0.3) is 16.8 Å². The van der Waals surface area contributed by atoms with Crippen molar-refractivity contribution in [2.45, 2.75) is 6.54 Å². The van der Waals surface area contributed by atoms with Gasteiger partial charge in [0.15, 0.2) is 0 Å². The van der Waals surface area contributed by atoms with Gasteiger partial charge in [-0.2, -0.15) is 5.10 Å². The van der Waals surface area contributed by atoms with Crippen LogP contribution < -0.4 is 10.9 Å². The summed E-state index contributed by atoms with van der Waals surface area (Å²) in [6, 6.07) is 17.6. The maximum absolute atomic E-state index is 12.8. The van der Waals surface area contributed by atoms with Crippen molar-refractivity contribution in [1.29, 1.82) is 0 Å². The number of hydrogen-bond donors (Lipinski definition) is 1. The van der Waals surface area contributed by atoms with Gasteiger partial charge in [0, 0.05) is 23.6 Å². The zero-order valence-electron chi connectivity index (χ0n) is 16.1. The number of nitrogens with one attached hydrogen (secondary N) is 1. The van der Waals surface area contributed by atoms with Gasteiger partial charge in [-0.3, -0.25) is 9.59 Å². The summed E-state index contributed by atoms with van der Waals surface area (Å²) in [4.78, 5) is 36.6. The number of amides is 1. The summed E-state index contributed by atoms with van der Waals surface area (Å²) < 4.78 is 7.47. The predicted molar refractivity (Wildman–Crippen MR) is 111 cm³/mol. The van der Waals surface area contributed by atoms with Gasteiger partial charge in [0.05, 0.1) is 18.4 Å². The molecule has 0 radical (unpaired) electrons. The molecule has 0 saturated heterocycles. The first kappa shape index (κ1) is 19.1. The third-order valence-electron chi connectivity index (χ3n) is 4.58. The van der Waals surface area contributed by atoms with Gasteiger partial charge in [0.1, 0.15) is 12.1 Å². The average molecular weight is 402 g/mol. The van der Waals surface area contributed by atoms with Gasteiger partial charge in [-0.05, 0) is 30.3 Å². The third kappa shape index (κ3) is 3.83. The fourth-order valence-corrected chi connectivity index (χ4v) is 3.06. The summed E-state index contributed by atoms with van der Waals surface area (Å²) in [7, 11) is 1.30. The van der Waals surface area contributed by atoms with Crippen molar-refractivity contribution in [3.63, 3.8) is 0 Å². The lowest BCUT2D eigenvalue weighted by Crippen LogP contribution is -2.28. The van der Waals surface area contributed by atoms with Crippen LogP contribution in [0.2, 0.25) is 0 Å². The molecule has 0 unspecified atom stereocenters. The largest absolute Gasteiger partial charge is 0.465 e. The van der Waals surface area contributed by atoms with Crippen molar-refractivity contribution < 1.29 is 14.3 Å². The minimum Gasteiger partial charge on any atom is -0.465 e. The van der Waals surface area contributed by atoms with Crippen molar-refractivity contribution in [2.24, 2.45) is 0 Å². The second kappa shape index (κ2) is 8.04. The number of carbonyl (C=O) groups excluding carboxylic acids is 2. The molecule has 1 N–H and O–H groups in total. The molecule has 2 heterocycles. The van der Waals surface area contributed by atoms with Crippen molar-refractivity contribution in [3.8, 4) is 11.3 Å². The Bertz CT molecular complexity index is 1270. The highest BCUT2D eigenvalue weighted by Crippen LogP contribution is 2.17. The molecule has 4 aromatic rings. The van der Waals surface area contributed by atoms with Crippen LogP contribution in [-0.2, 0) is 16.1 Å². The first-order valence-corrected chi connectivity index (χ1v) is 9.17. The fraction of sp³-hybridized carbons (Fsp3) is 0.0909. The van der Waals surface area contributed by atoms with Crippen LogP contribution in [0.5, 0.6) is 0 Å². The number of carbonyl (C=O) groups is 2. The minimum atomic E-state index is -0.455. The molecule has 0 aliphatic rings. The van der Waals surface area contributed by atoms with E-state index in [0.717, 1.165) is 5.56 Å². The number of esters is 1. The van der Waals surface area contributed by atoms with Crippen LogP contribution in [0.15, 0.2) is 77.9 Å². The van der Waals surface area contributed by atoms with E-state index in [2.05, 4.69) is 15.2 Å². The van der Waals surface area contributed by atoms with E-state index < -0.39 is 5.97 Å². The Kier molecular flexibility index (Phi) is 5.13. The predicted octanol–water partition coefficient (Wildman–Crippen LogP) is 2.59. The van der Waals surface area contributed by atoms with Gasteiger partial charge in [-0.1, -0.05) is 30.3 Å². The van der Waals surface area contributed by atoms with Crippen LogP contribution in [-0.4, -0.2) is 33.2 Å². The number of hydrogen-bond acceptors (Lipinski definition) is 5. The molecule has 0 atom stereocenters. The van der Waals surface area contributed by atoms with E-state index in [1.807, 2.05) is 30.3 Å². The summed E-state index contributed by atoms with van der Waals surface area (Å²) in [6.07, 6.45) is 3.17. The summed E-state index contributed by atoms with van der Waals surface area (Å²) in [6.45, 7) is -0.153. The molecule has 0 fully saturated rings. The van der Waals surface area contributed by atoms with E-state index >= 15 is 0 Å². The van der Waals surface area contributed by atoms with E-state index in [1.165, 1.54) is 22.4 Å². The fourth-order valence-electron chi connectivity index (χ4n) is 3.06. The van der Waals surface area contributed by atoms with Gasteiger partial charge in [-0.25, -0.2) is 9.31 Å². The first-order valence-electron chi connectivity index (χ1n) is 9.17. The lowest BCUT2D eigenvalue weighted by molar-refractivity contribution is -0.116. The van der Waals surface area contributed by atoms with Gasteiger partial charge in [0.2, 0.25) is 5.91 Å². The maximum atomic E-state index is 12.8. The number of nitrogens with zero attached hydrogens (tertiary/aromatic N) is 3. The highest BCUT2D eigenvalue weighted by molar-refractivity contribution is 5.93. The standard InChI is InChI=1S/C22H18N4O4/c1-30-22(29)16-7-9-17(10-8-16)23-20(27)14-25-11-12-26-19(21(25)28)13-18(24-26)15-5-3-2-4-6-15/h2-13H,14H2,1H3,(H,23,27). The van der Waals surface area contributed by atoms with Crippen molar-refractivity contribution in [1.82, 2.24) is 14.2 Å². The van der Waals surface area contributed by atoms with Crippen LogP contribution in [0.1, 0.15) is 10.4 Å². The molecule has 8 nitrogen and oxygen atoms in total. The van der Waals surface area contributed by atoms with Crippen LogP contribution >= 0.6 is 0 Å². The average Bonchev–Trinajstić information content (AvgIpc) is 3.21.